The van der Waals surface area contributed by atoms with Gasteiger partial charge >= 0.3 is 5.97 Å². The zero-order valence-electron chi connectivity index (χ0n) is 12.0. The number of nitrogens with two attached hydrogens (primary N) is 1. The highest BCUT2D eigenvalue weighted by Crippen LogP contribution is 2.57. The highest BCUT2D eigenvalue weighted by molar-refractivity contribution is 5.93. The largest absolute Gasteiger partial charge is 0.479 e. The van der Waals surface area contributed by atoms with E-state index in [0.29, 0.717) is 6.42 Å². The molecule has 0 aromatic carbocycles. The van der Waals surface area contributed by atoms with Crippen molar-refractivity contribution in [1.29, 1.82) is 0 Å². The molecule has 0 aromatic heterocycles. The average molecular weight is 299 g/mol. The summed E-state index contributed by atoms with van der Waals surface area (Å²) in [7, 11) is 0. The van der Waals surface area contributed by atoms with E-state index >= 15 is 0 Å². The van der Waals surface area contributed by atoms with Crippen LogP contribution < -0.4 is 16.4 Å². The maximum atomic E-state index is 12.1. The highest BCUT2D eigenvalue weighted by atomic mass is 16.4. The first-order valence-corrected chi connectivity index (χ1v) is 6.98. The maximum Gasteiger partial charge on any atom is 0.329 e. The van der Waals surface area contributed by atoms with Crippen LogP contribution in [0.5, 0.6) is 0 Å². The molecule has 2 fully saturated rings. The van der Waals surface area contributed by atoms with Crippen LogP contribution in [-0.4, -0.2) is 51.7 Å². The molecule has 0 radical (unpaired) electrons. The second-order valence-corrected chi connectivity index (χ2v) is 6.06. The molecule has 0 spiro atoms. The molecule has 0 aromatic rings. The lowest BCUT2D eigenvalue weighted by Gasteiger charge is -2.30. The molecule has 8 nitrogen and oxygen atoms in total. The number of hydrogen-bond donors (Lipinski definition) is 5. The molecule has 0 aliphatic heterocycles. The van der Waals surface area contributed by atoms with E-state index in [4.69, 9.17) is 5.73 Å². The summed E-state index contributed by atoms with van der Waals surface area (Å²) in [4.78, 5) is 35.1. The summed E-state index contributed by atoms with van der Waals surface area (Å²) in [5.41, 5.74) is 3.96. The lowest BCUT2D eigenvalue weighted by molar-refractivity contribution is -0.149. The van der Waals surface area contributed by atoms with Gasteiger partial charge in [0.2, 0.25) is 11.8 Å². The molecule has 0 heterocycles. The minimum absolute atomic E-state index is 0.00261. The maximum absolute atomic E-state index is 12.1. The van der Waals surface area contributed by atoms with E-state index in [-0.39, 0.29) is 18.3 Å². The van der Waals surface area contributed by atoms with Gasteiger partial charge in [-0.2, -0.15) is 0 Å². The molecule has 2 aliphatic rings. The van der Waals surface area contributed by atoms with Gasteiger partial charge in [-0.05, 0) is 32.1 Å². The number of hydrogen-bond acceptors (Lipinski definition) is 5. The molecule has 8 heteroatoms. The van der Waals surface area contributed by atoms with Crippen LogP contribution in [0.15, 0.2) is 0 Å². The Labute approximate surface area is 122 Å². The van der Waals surface area contributed by atoms with Gasteiger partial charge in [-0.3, -0.25) is 9.59 Å². The number of carbonyl (C=O) groups is 3. The highest BCUT2D eigenvalue weighted by Gasteiger charge is 2.67. The average Bonchev–Trinajstić information content (AvgIpc) is 3.12. The Morgan fingerprint density at radius 2 is 1.90 bits per heavy atom. The summed E-state index contributed by atoms with van der Waals surface area (Å²) in [5, 5.41) is 24.2. The van der Waals surface area contributed by atoms with E-state index in [1.54, 1.807) is 0 Å². The summed E-state index contributed by atoms with van der Waals surface area (Å²) in [5.74, 6) is -2.53. The van der Waals surface area contributed by atoms with Gasteiger partial charge in [0.1, 0.15) is 11.6 Å². The molecule has 2 amide bonds. The molecule has 21 heavy (non-hydrogen) atoms. The first kappa shape index (κ1) is 15.7. The van der Waals surface area contributed by atoms with Crippen molar-refractivity contribution in [1.82, 2.24) is 10.6 Å². The number of nitrogens with one attached hydrogen (secondary N) is 2. The van der Waals surface area contributed by atoms with Gasteiger partial charge in [0.25, 0.3) is 0 Å². The van der Waals surface area contributed by atoms with Gasteiger partial charge in [0, 0.05) is 6.42 Å². The fourth-order valence-electron chi connectivity index (χ4n) is 3.02. The zero-order chi connectivity index (χ0) is 15.9. The number of aliphatic hydroxyl groups excluding tert-OH is 1. The van der Waals surface area contributed by atoms with E-state index in [1.165, 1.54) is 13.8 Å². The summed E-state index contributed by atoms with van der Waals surface area (Å²) < 4.78 is 0. The van der Waals surface area contributed by atoms with Gasteiger partial charge in [-0.25, -0.2) is 4.79 Å². The normalized spacial score (nSPS) is 36.3. The van der Waals surface area contributed by atoms with Crippen molar-refractivity contribution >= 4 is 17.8 Å². The standard InChI is InChI=1S/C13H21N3O5/c1-5(14)10(18)15-6(2)11(19)16-13(12(20)21)4-9(17)7-3-8(7)13/h5-9,17H,3-4,14H2,1-2H3,(H,15,18)(H,16,19)(H,20,21)/t5-,6-,7-,8+,9-,13-/m0/s1. The number of fused-ring (bicyclic) bond motifs is 1. The van der Waals surface area contributed by atoms with Crippen molar-refractivity contribution in [2.75, 3.05) is 0 Å². The summed E-state index contributed by atoms with van der Waals surface area (Å²) >= 11 is 0. The molecule has 118 valence electrons. The molecular formula is C13H21N3O5. The summed E-state index contributed by atoms with van der Waals surface area (Å²) in [6.07, 6.45) is -0.119. The Morgan fingerprint density at radius 3 is 2.29 bits per heavy atom. The van der Waals surface area contributed by atoms with Gasteiger partial charge in [0.15, 0.2) is 0 Å². The van der Waals surface area contributed by atoms with Crippen LogP contribution in [0.4, 0.5) is 0 Å². The lowest BCUT2D eigenvalue weighted by atomic mass is 9.92. The first-order valence-electron chi connectivity index (χ1n) is 6.98. The van der Waals surface area contributed by atoms with Crippen molar-refractivity contribution in [2.24, 2.45) is 17.6 Å². The topological polar surface area (TPSA) is 142 Å². The predicted molar refractivity (Wildman–Crippen MR) is 72.0 cm³/mol. The fourth-order valence-corrected chi connectivity index (χ4v) is 3.02. The number of carboxylic acids is 1. The molecule has 0 saturated heterocycles. The molecule has 0 unspecified atom stereocenters. The third-order valence-electron chi connectivity index (χ3n) is 4.39. The monoisotopic (exact) mass is 299 g/mol. The van der Waals surface area contributed by atoms with Crippen LogP contribution in [0.3, 0.4) is 0 Å². The van der Waals surface area contributed by atoms with Crippen LogP contribution in [0, 0.1) is 11.8 Å². The Balaban J connectivity index is 2.03. The van der Waals surface area contributed by atoms with Crippen molar-refractivity contribution in [3.8, 4) is 0 Å². The van der Waals surface area contributed by atoms with Crippen LogP contribution in [0.2, 0.25) is 0 Å². The summed E-state index contributed by atoms with van der Waals surface area (Å²) in [6.45, 7) is 2.95. The molecule has 2 saturated carbocycles. The van der Waals surface area contributed by atoms with Crippen LogP contribution >= 0.6 is 0 Å². The molecule has 2 rings (SSSR count). The Kier molecular flexibility index (Phi) is 3.94. The van der Waals surface area contributed by atoms with E-state index in [9.17, 15) is 24.6 Å². The number of amides is 2. The number of aliphatic hydroxyl groups is 1. The third-order valence-corrected chi connectivity index (χ3v) is 4.39. The Bertz CT molecular complexity index is 480. The number of rotatable bonds is 5. The molecule has 2 aliphatic carbocycles. The fraction of sp³-hybridized carbons (Fsp3) is 0.769. The Hall–Kier alpha value is -1.67. The van der Waals surface area contributed by atoms with Crippen LogP contribution in [0.25, 0.3) is 0 Å². The molecule has 6 atom stereocenters. The van der Waals surface area contributed by atoms with Crippen molar-refractivity contribution in [3.05, 3.63) is 0 Å². The first-order chi connectivity index (χ1) is 9.69. The quantitative estimate of drug-likeness (QED) is 0.404. The second-order valence-electron chi connectivity index (χ2n) is 6.06. The third kappa shape index (κ3) is 2.73. The SMILES string of the molecule is C[C@H](N)C(=O)N[C@@H](C)C(=O)N[C@@]1(C(=O)O)C[C@H](O)[C@H]2C[C@H]21. The van der Waals surface area contributed by atoms with Crippen molar-refractivity contribution < 1.29 is 24.6 Å². The van der Waals surface area contributed by atoms with E-state index in [1.807, 2.05) is 0 Å². The molecular weight excluding hydrogens is 278 g/mol. The lowest BCUT2D eigenvalue weighted by Crippen LogP contribution is -2.60. The molecule has 0 bridgehead atoms. The van der Waals surface area contributed by atoms with Gasteiger partial charge in [0.05, 0.1) is 12.1 Å². The smallest absolute Gasteiger partial charge is 0.329 e. The summed E-state index contributed by atoms with van der Waals surface area (Å²) in [6, 6.07) is -1.65. The molecule has 6 N–H and O–H groups in total. The minimum atomic E-state index is -1.44. The van der Waals surface area contributed by atoms with Gasteiger partial charge < -0.3 is 26.6 Å². The van der Waals surface area contributed by atoms with Crippen molar-refractivity contribution in [2.45, 2.75) is 50.4 Å². The minimum Gasteiger partial charge on any atom is -0.479 e. The number of carboxylic acid groups (broad SMARTS) is 1. The zero-order valence-corrected chi connectivity index (χ0v) is 12.0. The predicted octanol–water partition coefficient (Wildman–Crippen LogP) is -1.82. The van der Waals surface area contributed by atoms with E-state index in [0.717, 1.165) is 0 Å². The number of carbonyl (C=O) groups excluding carboxylic acids is 2. The van der Waals surface area contributed by atoms with Gasteiger partial charge in [-0.15, -0.1) is 0 Å². The van der Waals surface area contributed by atoms with Crippen molar-refractivity contribution in [3.63, 3.8) is 0 Å². The van der Waals surface area contributed by atoms with E-state index in [2.05, 4.69) is 10.6 Å². The van der Waals surface area contributed by atoms with Gasteiger partial charge in [-0.1, -0.05) is 0 Å². The van der Waals surface area contributed by atoms with Crippen LogP contribution in [0.1, 0.15) is 26.7 Å². The van der Waals surface area contributed by atoms with Crippen LogP contribution in [-0.2, 0) is 14.4 Å². The Morgan fingerprint density at radius 1 is 1.29 bits per heavy atom. The van der Waals surface area contributed by atoms with E-state index < -0.39 is 41.5 Å². The second kappa shape index (κ2) is 5.27. The number of aliphatic carboxylic acids is 1.